The van der Waals surface area contributed by atoms with Gasteiger partial charge in [-0.1, -0.05) is 32.6 Å². The Hall–Kier alpha value is -1.26. The van der Waals surface area contributed by atoms with Crippen molar-refractivity contribution in [3.63, 3.8) is 0 Å². The van der Waals surface area contributed by atoms with E-state index >= 15 is 0 Å². The molecule has 5 heteroatoms. The van der Waals surface area contributed by atoms with Gasteiger partial charge in [0.1, 0.15) is 0 Å². The molecule has 5 nitrogen and oxygen atoms in total. The van der Waals surface area contributed by atoms with Crippen LogP contribution in [0, 0.1) is 5.92 Å². The van der Waals surface area contributed by atoms with Gasteiger partial charge in [0.25, 0.3) is 0 Å². The van der Waals surface area contributed by atoms with E-state index in [9.17, 15) is 4.79 Å². The van der Waals surface area contributed by atoms with Crippen molar-refractivity contribution in [1.29, 1.82) is 0 Å². The highest BCUT2D eigenvalue weighted by molar-refractivity contribution is 5.81. The summed E-state index contributed by atoms with van der Waals surface area (Å²) in [5, 5.41) is 9.58. The average Bonchev–Trinajstić information content (AvgIpc) is 3.31. The highest BCUT2D eigenvalue weighted by Gasteiger charge is 2.28. The second-order valence-electron chi connectivity index (χ2n) is 5.96. The highest BCUT2D eigenvalue weighted by atomic mass is 16.2. The lowest BCUT2D eigenvalue weighted by atomic mass is 10.1. The maximum Gasteiger partial charge on any atom is 0.223 e. The third-order valence-corrected chi connectivity index (χ3v) is 3.76. The first kappa shape index (κ1) is 17.8. The van der Waals surface area contributed by atoms with Gasteiger partial charge in [0, 0.05) is 32.1 Å². The summed E-state index contributed by atoms with van der Waals surface area (Å²) in [6.45, 7) is 5.78. The van der Waals surface area contributed by atoms with Crippen LogP contribution in [0.3, 0.4) is 0 Å². The normalized spacial score (nSPS) is 16.4. The van der Waals surface area contributed by atoms with Crippen molar-refractivity contribution < 1.29 is 4.79 Å². The molecule has 0 aliphatic heterocycles. The number of hydrogen-bond acceptors (Lipinski definition) is 2. The summed E-state index contributed by atoms with van der Waals surface area (Å²) < 4.78 is 0. The number of unbranched alkanes of at least 4 members (excludes halogenated alkanes) is 3. The molecule has 0 aromatic carbocycles. The quantitative estimate of drug-likeness (QED) is 0.328. The predicted molar refractivity (Wildman–Crippen MR) is 88.5 cm³/mol. The largest absolute Gasteiger partial charge is 0.355 e. The van der Waals surface area contributed by atoms with Crippen LogP contribution in [0.4, 0.5) is 0 Å². The minimum Gasteiger partial charge on any atom is -0.355 e. The molecule has 122 valence electrons. The first-order valence-electron chi connectivity index (χ1n) is 8.42. The summed E-state index contributed by atoms with van der Waals surface area (Å²) in [5.41, 5.74) is 0. The number of amides is 1. The highest BCUT2D eigenvalue weighted by Crippen LogP contribution is 2.28. The fourth-order valence-electron chi connectivity index (χ4n) is 2.23. The first-order chi connectivity index (χ1) is 10.2. The fourth-order valence-corrected chi connectivity index (χ4v) is 2.23. The topological polar surface area (TPSA) is 65.5 Å². The molecular weight excluding hydrogens is 264 g/mol. The van der Waals surface area contributed by atoms with Gasteiger partial charge in [-0.25, -0.2) is 0 Å². The monoisotopic (exact) mass is 296 g/mol. The summed E-state index contributed by atoms with van der Waals surface area (Å²) in [5.74, 6) is 1.30. The molecule has 0 spiro atoms. The van der Waals surface area contributed by atoms with E-state index in [-0.39, 0.29) is 11.8 Å². The van der Waals surface area contributed by atoms with Gasteiger partial charge < -0.3 is 16.0 Å². The zero-order valence-corrected chi connectivity index (χ0v) is 13.9. The van der Waals surface area contributed by atoms with Crippen LogP contribution >= 0.6 is 0 Å². The molecule has 1 atom stereocenters. The van der Waals surface area contributed by atoms with Crippen LogP contribution in [0.5, 0.6) is 0 Å². The lowest BCUT2D eigenvalue weighted by Crippen LogP contribution is -2.44. The van der Waals surface area contributed by atoms with Crippen LogP contribution in [-0.2, 0) is 4.79 Å². The Labute approximate surface area is 129 Å². The molecule has 0 saturated heterocycles. The standard InChI is InChI=1S/C16H32N4O/c1-4-5-6-7-8-13(2)20-16(17-3)19-12-11-18-15(21)14-9-10-14/h13-14H,4-12H2,1-3H3,(H,18,21)(H2,17,19,20). The molecule has 0 aromatic heterocycles. The molecule has 1 rings (SSSR count). The molecule has 0 aromatic rings. The number of guanidine groups is 1. The van der Waals surface area contributed by atoms with E-state index in [4.69, 9.17) is 0 Å². The van der Waals surface area contributed by atoms with Crippen molar-refractivity contribution in [2.75, 3.05) is 20.1 Å². The molecule has 0 radical (unpaired) electrons. The van der Waals surface area contributed by atoms with Crippen molar-refractivity contribution in [2.45, 2.75) is 64.8 Å². The van der Waals surface area contributed by atoms with Crippen molar-refractivity contribution in [2.24, 2.45) is 10.9 Å². The minimum absolute atomic E-state index is 0.198. The SMILES string of the molecule is CCCCCCC(C)NC(=NC)NCCNC(=O)C1CC1. The first-order valence-corrected chi connectivity index (χ1v) is 8.42. The number of hydrogen-bond donors (Lipinski definition) is 3. The maximum absolute atomic E-state index is 11.5. The molecular formula is C16H32N4O. The fraction of sp³-hybridized carbons (Fsp3) is 0.875. The molecule has 1 saturated carbocycles. The Bertz CT molecular complexity index is 326. The lowest BCUT2D eigenvalue weighted by molar-refractivity contribution is -0.122. The van der Waals surface area contributed by atoms with Crippen LogP contribution < -0.4 is 16.0 Å². The van der Waals surface area contributed by atoms with E-state index in [2.05, 4.69) is 34.8 Å². The van der Waals surface area contributed by atoms with Gasteiger partial charge in [-0.3, -0.25) is 9.79 Å². The Morgan fingerprint density at radius 1 is 1.19 bits per heavy atom. The summed E-state index contributed by atoms with van der Waals surface area (Å²) >= 11 is 0. The molecule has 1 amide bonds. The van der Waals surface area contributed by atoms with E-state index in [1.807, 2.05) is 0 Å². The van der Waals surface area contributed by atoms with Crippen molar-refractivity contribution >= 4 is 11.9 Å². The van der Waals surface area contributed by atoms with E-state index < -0.39 is 0 Å². The molecule has 0 heterocycles. The second kappa shape index (κ2) is 10.5. The van der Waals surface area contributed by atoms with Crippen molar-refractivity contribution in [3.05, 3.63) is 0 Å². The van der Waals surface area contributed by atoms with E-state index in [1.54, 1.807) is 7.05 Å². The third-order valence-electron chi connectivity index (χ3n) is 3.76. The predicted octanol–water partition coefficient (Wildman–Crippen LogP) is 2.04. The van der Waals surface area contributed by atoms with Gasteiger partial charge in [0.05, 0.1) is 0 Å². The second-order valence-corrected chi connectivity index (χ2v) is 5.96. The van der Waals surface area contributed by atoms with Gasteiger partial charge in [-0.05, 0) is 26.2 Å². The van der Waals surface area contributed by atoms with Crippen LogP contribution in [0.15, 0.2) is 4.99 Å². The molecule has 1 aliphatic carbocycles. The van der Waals surface area contributed by atoms with Gasteiger partial charge in [-0.2, -0.15) is 0 Å². The minimum atomic E-state index is 0.198. The molecule has 0 bridgehead atoms. The van der Waals surface area contributed by atoms with Crippen molar-refractivity contribution in [1.82, 2.24) is 16.0 Å². The Morgan fingerprint density at radius 3 is 2.52 bits per heavy atom. The molecule has 1 fully saturated rings. The van der Waals surface area contributed by atoms with E-state index in [1.165, 1.54) is 32.1 Å². The molecule has 1 unspecified atom stereocenters. The molecule has 21 heavy (non-hydrogen) atoms. The van der Waals surface area contributed by atoms with Crippen LogP contribution in [0.1, 0.15) is 58.8 Å². The Morgan fingerprint density at radius 2 is 1.90 bits per heavy atom. The zero-order chi connectivity index (χ0) is 15.5. The van der Waals surface area contributed by atoms with Crippen LogP contribution in [0.25, 0.3) is 0 Å². The van der Waals surface area contributed by atoms with Gasteiger partial charge in [0.15, 0.2) is 5.96 Å². The third kappa shape index (κ3) is 8.58. The average molecular weight is 296 g/mol. The van der Waals surface area contributed by atoms with Gasteiger partial charge in [-0.15, -0.1) is 0 Å². The zero-order valence-electron chi connectivity index (χ0n) is 13.9. The summed E-state index contributed by atoms with van der Waals surface area (Å²) in [7, 11) is 1.78. The van der Waals surface area contributed by atoms with Gasteiger partial charge >= 0.3 is 0 Å². The van der Waals surface area contributed by atoms with E-state index in [0.717, 1.165) is 18.8 Å². The maximum atomic E-state index is 11.5. The summed E-state index contributed by atoms with van der Waals surface area (Å²) in [4.78, 5) is 15.7. The van der Waals surface area contributed by atoms with Crippen LogP contribution in [0.2, 0.25) is 0 Å². The lowest BCUT2D eigenvalue weighted by Gasteiger charge is -2.18. The van der Waals surface area contributed by atoms with Crippen molar-refractivity contribution in [3.8, 4) is 0 Å². The Kier molecular flexibility index (Phi) is 8.87. The molecule has 3 N–H and O–H groups in total. The summed E-state index contributed by atoms with van der Waals surface area (Å²) in [6, 6.07) is 0.425. The number of carbonyl (C=O) groups excluding carboxylic acids is 1. The smallest absolute Gasteiger partial charge is 0.223 e. The van der Waals surface area contributed by atoms with E-state index in [0.29, 0.717) is 19.1 Å². The number of aliphatic imine (C=N–C) groups is 1. The summed E-state index contributed by atoms with van der Waals surface area (Å²) in [6.07, 6.45) is 8.44. The number of nitrogens with zero attached hydrogens (tertiary/aromatic N) is 1. The number of carbonyl (C=O) groups is 1. The number of rotatable bonds is 10. The van der Waals surface area contributed by atoms with Crippen LogP contribution in [-0.4, -0.2) is 38.0 Å². The number of nitrogens with one attached hydrogen (secondary N) is 3. The molecule has 1 aliphatic rings. The Balaban J connectivity index is 2.05. The van der Waals surface area contributed by atoms with Gasteiger partial charge in [0.2, 0.25) is 5.91 Å².